The first-order valence-electron chi connectivity index (χ1n) is 9.86. The summed E-state index contributed by atoms with van der Waals surface area (Å²) in [5.41, 5.74) is 4.96. The van der Waals surface area contributed by atoms with Crippen LogP contribution in [-0.4, -0.2) is 6.03 Å². The van der Waals surface area contributed by atoms with Crippen LogP contribution >= 0.6 is 46.1 Å². The van der Waals surface area contributed by atoms with Crippen molar-refractivity contribution in [3.05, 3.63) is 80.8 Å². The number of urea groups is 1. The standard InChI is InChI=1S/C24H17Cl3N2OS/c25-17-8-2-1-7-15(17)21-16-11-13-5-3-6-14(13)12-20(16)31-23(21)29-24(30)28-22-18(26)9-4-10-19(22)27/h1-2,4,7-12H,3,5-6H2,(H2,28,29,30). The lowest BCUT2D eigenvalue weighted by molar-refractivity contribution is 0.262. The first kappa shape index (κ1) is 20.7. The Hall–Kier alpha value is -2.24. The molecule has 31 heavy (non-hydrogen) atoms. The van der Waals surface area contributed by atoms with Gasteiger partial charge in [0.2, 0.25) is 0 Å². The minimum atomic E-state index is -0.414. The Labute approximate surface area is 198 Å². The number of carbonyl (C=O) groups is 1. The summed E-state index contributed by atoms with van der Waals surface area (Å²) in [5.74, 6) is 0. The van der Waals surface area contributed by atoms with Gasteiger partial charge in [-0.3, -0.25) is 5.32 Å². The minimum absolute atomic E-state index is 0.377. The number of amides is 2. The van der Waals surface area contributed by atoms with Crippen molar-refractivity contribution in [2.24, 2.45) is 0 Å². The molecule has 0 aliphatic heterocycles. The Morgan fingerprint density at radius 3 is 2.26 bits per heavy atom. The number of nitrogens with one attached hydrogen (secondary N) is 2. The second-order valence-electron chi connectivity index (χ2n) is 7.43. The Kier molecular flexibility index (Phi) is 5.57. The molecular weight excluding hydrogens is 471 g/mol. The van der Waals surface area contributed by atoms with Crippen LogP contribution in [0.2, 0.25) is 15.1 Å². The lowest BCUT2D eigenvalue weighted by atomic mass is 10.0. The average Bonchev–Trinajstić information content (AvgIpc) is 3.33. The van der Waals surface area contributed by atoms with Crippen LogP contribution < -0.4 is 10.6 Å². The number of aryl methyl sites for hydroxylation is 2. The summed E-state index contributed by atoms with van der Waals surface area (Å²) < 4.78 is 1.13. The zero-order chi connectivity index (χ0) is 21.5. The fourth-order valence-corrected chi connectivity index (χ4v) is 5.93. The highest BCUT2D eigenvalue weighted by Gasteiger charge is 2.21. The number of fused-ring (bicyclic) bond motifs is 2. The van der Waals surface area contributed by atoms with Crippen molar-refractivity contribution in [3.8, 4) is 11.1 Å². The van der Waals surface area contributed by atoms with E-state index in [-0.39, 0.29) is 0 Å². The maximum atomic E-state index is 12.9. The summed E-state index contributed by atoms with van der Waals surface area (Å²) in [6.45, 7) is 0. The Bertz CT molecular complexity index is 1310. The minimum Gasteiger partial charge on any atom is -0.305 e. The van der Waals surface area contributed by atoms with Gasteiger partial charge < -0.3 is 5.32 Å². The molecule has 3 aromatic carbocycles. The summed E-state index contributed by atoms with van der Waals surface area (Å²) in [7, 11) is 0. The SMILES string of the molecule is O=C(Nc1sc2cc3c(cc2c1-c1ccccc1Cl)CCC3)Nc1c(Cl)cccc1Cl. The van der Waals surface area contributed by atoms with Crippen LogP contribution in [0.5, 0.6) is 0 Å². The molecule has 1 aliphatic carbocycles. The molecule has 0 unspecified atom stereocenters. The second-order valence-corrected chi connectivity index (χ2v) is 9.71. The van der Waals surface area contributed by atoms with E-state index in [4.69, 9.17) is 34.8 Å². The number of para-hydroxylation sites is 1. The predicted molar refractivity (Wildman–Crippen MR) is 133 cm³/mol. The molecule has 1 heterocycles. The molecule has 0 radical (unpaired) electrons. The molecule has 1 aliphatic rings. The third-order valence-corrected chi connectivity index (χ3v) is 7.50. The van der Waals surface area contributed by atoms with Crippen LogP contribution in [0.4, 0.5) is 15.5 Å². The lowest BCUT2D eigenvalue weighted by Gasteiger charge is -2.12. The number of halogens is 3. The smallest absolute Gasteiger partial charge is 0.305 e. The second kappa shape index (κ2) is 8.36. The first-order valence-corrected chi connectivity index (χ1v) is 11.8. The molecule has 0 fully saturated rings. The van der Waals surface area contributed by atoms with Crippen molar-refractivity contribution < 1.29 is 4.79 Å². The molecule has 1 aromatic heterocycles. The maximum Gasteiger partial charge on any atom is 0.324 e. The monoisotopic (exact) mass is 486 g/mol. The molecule has 2 N–H and O–H groups in total. The van der Waals surface area contributed by atoms with E-state index in [9.17, 15) is 4.79 Å². The molecule has 0 saturated carbocycles. The molecule has 3 nitrogen and oxygen atoms in total. The van der Waals surface area contributed by atoms with Crippen molar-refractivity contribution in [1.29, 1.82) is 0 Å². The maximum absolute atomic E-state index is 12.9. The number of benzene rings is 3. The summed E-state index contributed by atoms with van der Waals surface area (Å²) in [5, 5.41) is 8.99. The lowest BCUT2D eigenvalue weighted by Crippen LogP contribution is -2.19. The zero-order valence-electron chi connectivity index (χ0n) is 16.3. The van der Waals surface area contributed by atoms with E-state index in [2.05, 4.69) is 22.8 Å². The van der Waals surface area contributed by atoms with Crippen molar-refractivity contribution in [2.75, 3.05) is 10.6 Å². The fourth-order valence-electron chi connectivity index (χ4n) is 4.05. The predicted octanol–water partition coefficient (Wildman–Crippen LogP) is 8.66. The van der Waals surface area contributed by atoms with Crippen molar-refractivity contribution >= 4 is 72.9 Å². The highest BCUT2D eigenvalue weighted by Crippen LogP contribution is 2.46. The third kappa shape index (κ3) is 3.90. The molecular formula is C24H17Cl3N2OS. The van der Waals surface area contributed by atoms with Gasteiger partial charge in [0.05, 0.1) is 15.7 Å². The van der Waals surface area contributed by atoms with E-state index >= 15 is 0 Å². The molecule has 0 bridgehead atoms. The highest BCUT2D eigenvalue weighted by atomic mass is 35.5. The average molecular weight is 488 g/mol. The van der Waals surface area contributed by atoms with E-state index in [1.54, 1.807) is 29.5 Å². The van der Waals surface area contributed by atoms with Gasteiger partial charge >= 0.3 is 6.03 Å². The summed E-state index contributed by atoms with van der Waals surface area (Å²) >= 11 is 20.5. The molecule has 0 spiro atoms. The molecule has 4 aromatic rings. The number of carbonyl (C=O) groups excluding carboxylic acids is 1. The molecule has 0 saturated heterocycles. The third-order valence-electron chi connectivity index (χ3n) is 5.47. The normalized spacial score (nSPS) is 12.7. The first-order chi connectivity index (χ1) is 15.0. The van der Waals surface area contributed by atoms with Crippen molar-refractivity contribution in [2.45, 2.75) is 19.3 Å². The summed E-state index contributed by atoms with van der Waals surface area (Å²) in [4.78, 5) is 12.9. The molecule has 7 heteroatoms. The van der Waals surface area contributed by atoms with E-state index in [1.807, 2.05) is 24.3 Å². The van der Waals surface area contributed by atoms with Crippen LogP contribution in [0.3, 0.4) is 0 Å². The van der Waals surface area contributed by atoms with E-state index in [1.165, 1.54) is 17.5 Å². The molecule has 2 amide bonds. The van der Waals surface area contributed by atoms with Crippen LogP contribution in [-0.2, 0) is 12.8 Å². The molecule has 5 rings (SSSR count). The van der Waals surface area contributed by atoms with Crippen molar-refractivity contribution in [1.82, 2.24) is 0 Å². The Morgan fingerprint density at radius 2 is 1.52 bits per heavy atom. The number of hydrogen-bond donors (Lipinski definition) is 2. The van der Waals surface area contributed by atoms with Gasteiger partial charge in [-0.2, -0.15) is 0 Å². The number of thiophene rings is 1. The number of hydrogen-bond acceptors (Lipinski definition) is 2. The molecule has 156 valence electrons. The van der Waals surface area contributed by atoms with Gasteiger partial charge in [0.1, 0.15) is 5.00 Å². The fraction of sp³-hybridized carbons (Fsp3) is 0.125. The summed E-state index contributed by atoms with van der Waals surface area (Å²) in [6.07, 6.45) is 3.36. The van der Waals surface area contributed by atoms with Crippen LogP contribution in [0.15, 0.2) is 54.6 Å². The number of anilines is 2. The van der Waals surface area contributed by atoms with Crippen LogP contribution in [0.25, 0.3) is 21.2 Å². The van der Waals surface area contributed by atoms with Gasteiger partial charge in [-0.05, 0) is 60.7 Å². The van der Waals surface area contributed by atoms with E-state index in [0.29, 0.717) is 20.8 Å². The van der Waals surface area contributed by atoms with Crippen LogP contribution in [0, 0.1) is 0 Å². The van der Waals surface area contributed by atoms with Gasteiger partial charge in [0.15, 0.2) is 0 Å². The zero-order valence-corrected chi connectivity index (χ0v) is 19.4. The van der Waals surface area contributed by atoms with Gasteiger partial charge in [0.25, 0.3) is 0 Å². The van der Waals surface area contributed by atoms with Gasteiger partial charge in [-0.1, -0.05) is 59.1 Å². The highest BCUT2D eigenvalue weighted by molar-refractivity contribution is 7.23. The Balaban J connectivity index is 1.59. The van der Waals surface area contributed by atoms with Gasteiger partial charge in [-0.25, -0.2) is 4.79 Å². The quantitative estimate of drug-likeness (QED) is 0.298. The van der Waals surface area contributed by atoms with E-state index in [0.717, 1.165) is 39.1 Å². The summed E-state index contributed by atoms with van der Waals surface area (Å²) in [6, 6.07) is 16.9. The number of rotatable bonds is 3. The Morgan fingerprint density at radius 1 is 0.839 bits per heavy atom. The van der Waals surface area contributed by atoms with Crippen LogP contribution in [0.1, 0.15) is 17.5 Å². The van der Waals surface area contributed by atoms with Crippen molar-refractivity contribution in [3.63, 3.8) is 0 Å². The topological polar surface area (TPSA) is 41.1 Å². The van der Waals surface area contributed by atoms with Gasteiger partial charge in [0, 0.05) is 26.2 Å². The largest absolute Gasteiger partial charge is 0.324 e. The van der Waals surface area contributed by atoms with Gasteiger partial charge in [-0.15, -0.1) is 11.3 Å². The van der Waals surface area contributed by atoms with E-state index < -0.39 is 6.03 Å². The molecule has 0 atom stereocenters.